The van der Waals surface area contributed by atoms with Gasteiger partial charge in [-0.05, 0) is 36.3 Å². The molecule has 0 radical (unpaired) electrons. The van der Waals surface area contributed by atoms with Gasteiger partial charge in [0.05, 0.1) is 0 Å². The average molecular weight is 278 g/mol. The molecular weight excluding hydrogens is 256 g/mol. The Bertz CT molecular complexity index is 775. The summed E-state index contributed by atoms with van der Waals surface area (Å²) in [4.78, 5) is 0. The number of rotatable bonds is 2. The summed E-state index contributed by atoms with van der Waals surface area (Å²) in [5, 5.41) is 2.57. The summed E-state index contributed by atoms with van der Waals surface area (Å²) in [6, 6.07) is 13.2. The molecule has 0 amide bonds. The Labute approximate surface area is 126 Å². The van der Waals surface area contributed by atoms with Gasteiger partial charge < -0.3 is 4.42 Å². The van der Waals surface area contributed by atoms with E-state index in [1.807, 2.05) is 0 Å². The maximum absolute atomic E-state index is 6.36. The SMILES string of the molecule is CCc1cccc2c1oc1c(C3CCCCC3)cccc12. The lowest BCUT2D eigenvalue weighted by atomic mass is 9.83. The predicted octanol–water partition coefficient (Wildman–Crippen LogP) is 6.20. The molecule has 0 N–H and O–H groups in total. The number of fused-ring (bicyclic) bond motifs is 3. The van der Waals surface area contributed by atoms with Crippen LogP contribution in [0.1, 0.15) is 56.1 Å². The van der Waals surface area contributed by atoms with E-state index in [0.29, 0.717) is 5.92 Å². The molecule has 0 atom stereocenters. The summed E-state index contributed by atoms with van der Waals surface area (Å²) in [5.41, 5.74) is 4.99. The second-order valence-electron chi connectivity index (χ2n) is 6.31. The molecule has 0 spiro atoms. The predicted molar refractivity (Wildman–Crippen MR) is 88.9 cm³/mol. The molecule has 1 heterocycles. The maximum atomic E-state index is 6.36. The highest BCUT2D eigenvalue weighted by Crippen LogP contribution is 2.40. The quantitative estimate of drug-likeness (QED) is 0.544. The van der Waals surface area contributed by atoms with Crippen LogP contribution in [-0.4, -0.2) is 0 Å². The molecule has 0 saturated heterocycles. The molecular formula is C20H22O. The highest BCUT2D eigenvalue weighted by Gasteiger charge is 2.20. The third kappa shape index (κ3) is 2.07. The van der Waals surface area contributed by atoms with E-state index < -0.39 is 0 Å². The molecule has 1 aliphatic carbocycles. The van der Waals surface area contributed by atoms with Crippen molar-refractivity contribution in [2.45, 2.75) is 51.4 Å². The fraction of sp³-hybridized carbons (Fsp3) is 0.400. The number of para-hydroxylation sites is 2. The van der Waals surface area contributed by atoms with E-state index in [4.69, 9.17) is 4.42 Å². The monoisotopic (exact) mass is 278 g/mol. The molecule has 1 aromatic heterocycles. The first-order chi connectivity index (χ1) is 10.4. The van der Waals surface area contributed by atoms with E-state index in [-0.39, 0.29) is 0 Å². The fourth-order valence-electron chi connectivity index (χ4n) is 3.91. The fourth-order valence-corrected chi connectivity index (χ4v) is 3.91. The van der Waals surface area contributed by atoms with Crippen molar-refractivity contribution in [1.82, 2.24) is 0 Å². The van der Waals surface area contributed by atoms with Crippen LogP contribution in [0.4, 0.5) is 0 Å². The first kappa shape index (κ1) is 12.9. The lowest BCUT2D eigenvalue weighted by molar-refractivity contribution is 0.442. The van der Waals surface area contributed by atoms with E-state index in [1.54, 1.807) is 0 Å². The maximum Gasteiger partial charge on any atom is 0.138 e. The van der Waals surface area contributed by atoms with Crippen molar-refractivity contribution in [2.75, 3.05) is 0 Å². The van der Waals surface area contributed by atoms with Crippen LogP contribution in [0.5, 0.6) is 0 Å². The zero-order valence-electron chi connectivity index (χ0n) is 12.7. The van der Waals surface area contributed by atoms with Crippen LogP contribution < -0.4 is 0 Å². The largest absolute Gasteiger partial charge is 0.455 e. The van der Waals surface area contributed by atoms with E-state index in [0.717, 1.165) is 17.6 Å². The zero-order valence-corrected chi connectivity index (χ0v) is 12.7. The second kappa shape index (κ2) is 5.22. The van der Waals surface area contributed by atoms with Gasteiger partial charge in [0, 0.05) is 10.8 Å². The normalized spacial score (nSPS) is 16.8. The Morgan fingerprint density at radius 1 is 0.905 bits per heavy atom. The Kier molecular flexibility index (Phi) is 3.21. The van der Waals surface area contributed by atoms with E-state index in [1.165, 1.54) is 54.0 Å². The molecule has 1 nitrogen and oxygen atoms in total. The molecule has 0 bridgehead atoms. The van der Waals surface area contributed by atoms with Crippen LogP contribution in [0.25, 0.3) is 21.9 Å². The van der Waals surface area contributed by atoms with Crippen LogP contribution >= 0.6 is 0 Å². The van der Waals surface area contributed by atoms with Gasteiger partial charge in [-0.15, -0.1) is 0 Å². The number of hydrogen-bond acceptors (Lipinski definition) is 1. The summed E-state index contributed by atoms with van der Waals surface area (Å²) in [6.07, 6.45) is 7.78. The Hall–Kier alpha value is -1.76. The minimum atomic E-state index is 0.688. The number of hydrogen-bond donors (Lipinski definition) is 0. The van der Waals surface area contributed by atoms with Gasteiger partial charge in [-0.25, -0.2) is 0 Å². The van der Waals surface area contributed by atoms with Crippen molar-refractivity contribution in [3.63, 3.8) is 0 Å². The molecule has 1 heteroatoms. The Balaban J connectivity index is 1.96. The molecule has 4 rings (SSSR count). The summed E-state index contributed by atoms with van der Waals surface area (Å²) in [6.45, 7) is 2.20. The smallest absolute Gasteiger partial charge is 0.138 e. The van der Waals surface area contributed by atoms with Gasteiger partial charge in [0.2, 0.25) is 0 Å². The van der Waals surface area contributed by atoms with Crippen LogP contribution in [0.15, 0.2) is 40.8 Å². The molecule has 108 valence electrons. The highest BCUT2D eigenvalue weighted by molar-refractivity contribution is 6.06. The Morgan fingerprint density at radius 3 is 2.38 bits per heavy atom. The standard InChI is InChI=1S/C20H22O/c1-2-14-10-6-12-17-18-13-7-11-16(20(18)21-19(14)17)15-8-4-3-5-9-15/h6-7,10-13,15H,2-5,8-9H2,1H3. The van der Waals surface area contributed by atoms with Gasteiger partial charge in [0.1, 0.15) is 11.2 Å². The van der Waals surface area contributed by atoms with Gasteiger partial charge in [-0.2, -0.15) is 0 Å². The van der Waals surface area contributed by atoms with Crippen molar-refractivity contribution in [3.8, 4) is 0 Å². The molecule has 0 unspecified atom stereocenters. The van der Waals surface area contributed by atoms with Crippen LogP contribution in [0, 0.1) is 0 Å². The van der Waals surface area contributed by atoms with E-state index >= 15 is 0 Å². The highest BCUT2D eigenvalue weighted by atomic mass is 16.3. The summed E-state index contributed by atoms with van der Waals surface area (Å²) >= 11 is 0. The van der Waals surface area contributed by atoms with Crippen molar-refractivity contribution in [1.29, 1.82) is 0 Å². The number of furan rings is 1. The average Bonchev–Trinajstić information content (AvgIpc) is 2.94. The third-order valence-electron chi connectivity index (χ3n) is 5.06. The topological polar surface area (TPSA) is 13.1 Å². The second-order valence-corrected chi connectivity index (χ2v) is 6.31. The van der Waals surface area contributed by atoms with E-state index in [9.17, 15) is 0 Å². The van der Waals surface area contributed by atoms with Gasteiger partial charge in [0.25, 0.3) is 0 Å². The van der Waals surface area contributed by atoms with Crippen LogP contribution in [-0.2, 0) is 6.42 Å². The molecule has 21 heavy (non-hydrogen) atoms. The number of benzene rings is 2. The summed E-state index contributed by atoms with van der Waals surface area (Å²) in [5.74, 6) is 0.688. The minimum absolute atomic E-state index is 0.688. The van der Waals surface area contributed by atoms with E-state index in [2.05, 4.69) is 43.3 Å². The van der Waals surface area contributed by atoms with Crippen molar-refractivity contribution >= 4 is 21.9 Å². The molecule has 2 aromatic carbocycles. The first-order valence-electron chi connectivity index (χ1n) is 8.31. The zero-order chi connectivity index (χ0) is 14.2. The first-order valence-corrected chi connectivity index (χ1v) is 8.31. The number of aryl methyl sites for hydroxylation is 1. The lowest BCUT2D eigenvalue weighted by Crippen LogP contribution is -2.04. The van der Waals surface area contributed by atoms with Crippen molar-refractivity contribution in [3.05, 3.63) is 47.5 Å². The van der Waals surface area contributed by atoms with Gasteiger partial charge in [0.15, 0.2) is 0 Å². The van der Waals surface area contributed by atoms with Gasteiger partial charge in [-0.3, -0.25) is 0 Å². The molecule has 1 fully saturated rings. The van der Waals surface area contributed by atoms with Crippen molar-refractivity contribution < 1.29 is 4.42 Å². The third-order valence-corrected chi connectivity index (χ3v) is 5.06. The minimum Gasteiger partial charge on any atom is -0.455 e. The van der Waals surface area contributed by atoms with Gasteiger partial charge >= 0.3 is 0 Å². The van der Waals surface area contributed by atoms with Crippen molar-refractivity contribution in [2.24, 2.45) is 0 Å². The van der Waals surface area contributed by atoms with Crippen LogP contribution in [0.2, 0.25) is 0 Å². The molecule has 1 aliphatic rings. The molecule has 0 aliphatic heterocycles. The van der Waals surface area contributed by atoms with Crippen LogP contribution in [0.3, 0.4) is 0 Å². The molecule has 1 saturated carbocycles. The summed E-state index contributed by atoms with van der Waals surface area (Å²) < 4.78 is 6.36. The Morgan fingerprint density at radius 2 is 1.62 bits per heavy atom. The lowest BCUT2D eigenvalue weighted by Gasteiger charge is -2.21. The summed E-state index contributed by atoms with van der Waals surface area (Å²) in [7, 11) is 0. The van der Waals surface area contributed by atoms with Gasteiger partial charge in [-0.1, -0.05) is 62.6 Å². The molecule has 3 aromatic rings.